The predicted octanol–water partition coefficient (Wildman–Crippen LogP) is 2.13. The molecular formula is C19H24FN2O3S+. The first-order valence-corrected chi connectivity index (χ1v) is 10.3. The van der Waals surface area contributed by atoms with Gasteiger partial charge < -0.3 is 10.6 Å². The number of amides is 1. The highest BCUT2D eigenvalue weighted by atomic mass is 32.2. The number of halogens is 1. The molecule has 3 N–H and O–H groups in total. The average Bonchev–Trinajstić information content (AvgIpc) is 2.56. The Morgan fingerprint density at radius 1 is 1.12 bits per heavy atom. The Bertz CT molecular complexity index is 865. The number of carbonyl (C=O) groups is 1. The van der Waals surface area contributed by atoms with Crippen molar-refractivity contribution in [3.8, 4) is 0 Å². The van der Waals surface area contributed by atoms with Gasteiger partial charge in [0.2, 0.25) is 0 Å². The van der Waals surface area contributed by atoms with E-state index in [4.69, 9.17) is 0 Å². The molecule has 0 saturated carbocycles. The van der Waals surface area contributed by atoms with Crippen molar-refractivity contribution in [1.29, 1.82) is 0 Å². The molecule has 0 fully saturated rings. The molecule has 0 saturated heterocycles. The van der Waals surface area contributed by atoms with E-state index in [-0.39, 0.29) is 40.8 Å². The van der Waals surface area contributed by atoms with E-state index in [2.05, 4.69) is 5.32 Å². The smallest absolute Gasteiger partial charge is 0.279 e. The summed E-state index contributed by atoms with van der Waals surface area (Å²) in [7, 11) is -3.43. The lowest BCUT2D eigenvalue weighted by molar-refractivity contribution is -0.692. The van der Waals surface area contributed by atoms with Crippen LogP contribution in [0, 0.1) is 11.7 Å². The number of hydrogen-bond donors (Lipinski definition) is 2. The van der Waals surface area contributed by atoms with Gasteiger partial charge in [-0.2, -0.15) is 0 Å². The number of anilines is 1. The average molecular weight is 379 g/mol. The molecule has 0 spiro atoms. The molecule has 0 heterocycles. The number of quaternary nitrogens is 1. The van der Waals surface area contributed by atoms with Gasteiger partial charge in [-0.3, -0.25) is 4.79 Å². The zero-order valence-corrected chi connectivity index (χ0v) is 15.9. The van der Waals surface area contributed by atoms with Gasteiger partial charge >= 0.3 is 0 Å². The summed E-state index contributed by atoms with van der Waals surface area (Å²) in [5, 5.41) is 4.53. The molecule has 2 aromatic carbocycles. The van der Waals surface area contributed by atoms with Gasteiger partial charge in [-0.05, 0) is 24.3 Å². The number of benzene rings is 2. The van der Waals surface area contributed by atoms with Gasteiger partial charge in [0.1, 0.15) is 11.9 Å². The Labute approximate surface area is 153 Å². The van der Waals surface area contributed by atoms with Crippen molar-refractivity contribution in [3.63, 3.8) is 0 Å². The van der Waals surface area contributed by atoms with E-state index in [0.29, 0.717) is 0 Å². The summed E-state index contributed by atoms with van der Waals surface area (Å²) < 4.78 is 36.7. The quantitative estimate of drug-likeness (QED) is 0.773. The van der Waals surface area contributed by atoms with Gasteiger partial charge in [0.15, 0.2) is 16.4 Å². The van der Waals surface area contributed by atoms with Crippen molar-refractivity contribution < 1.29 is 22.9 Å². The van der Waals surface area contributed by atoms with Crippen LogP contribution in [0.5, 0.6) is 0 Å². The molecule has 1 amide bonds. The molecule has 0 radical (unpaired) electrons. The molecule has 7 heteroatoms. The molecule has 1 atom stereocenters. The summed E-state index contributed by atoms with van der Waals surface area (Å²) in [6, 6.07) is 12.5. The van der Waals surface area contributed by atoms with Gasteiger partial charge in [0.25, 0.3) is 5.91 Å². The Morgan fingerprint density at radius 3 is 2.31 bits per heavy atom. The third-order valence-electron chi connectivity index (χ3n) is 4.09. The van der Waals surface area contributed by atoms with Gasteiger partial charge in [-0.15, -0.1) is 0 Å². The molecule has 26 heavy (non-hydrogen) atoms. The summed E-state index contributed by atoms with van der Waals surface area (Å²) in [4.78, 5) is 12.4. The molecular weight excluding hydrogens is 355 g/mol. The van der Waals surface area contributed by atoms with E-state index in [1.54, 1.807) is 30.3 Å². The molecule has 0 aliphatic carbocycles. The van der Waals surface area contributed by atoms with Crippen LogP contribution < -0.4 is 10.6 Å². The van der Waals surface area contributed by atoms with Crippen molar-refractivity contribution in [2.45, 2.75) is 24.8 Å². The summed E-state index contributed by atoms with van der Waals surface area (Å²) in [6.07, 6.45) is 1.10. The molecule has 5 nitrogen and oxygen atoms in total. The minimum Gasteiger partial charge on any atom is -0.332 e. The molecule has 0 aliphatic rings. The van der Waals surface area contributed by atoms with Gasteiger partial charge in [0, 0.05) is 17.7 Å². The fraction of sp³-hybridized carbons (Fsp3) is 0.316. The highest BCUT2D eigenvalue weighted by Gasteiger charge is 2.21. The second-order valence-corrected chi connectivity index (χ2v) is 8.56. The number of hydrogen-bond acceptors (Lipinski definition) is 3. The van der Waals surface area contributed by atoms with Crippen LogP contribution in [-0.2, 0) is 14.6 Å². The van der Waals surface area contributed by atoms with Gasteiger partial charge in [0.05, 0.1) is 10.6 Å². The van der Waals surface area contributed by atoms with Gasteiger partial charge in [-0.25, -0.2) is 12.8 Å². The lowest BCUT2D eigenvalue weighted by Gasteiger charge is -2.19. The predicted molar refractivity (Wildman–Crippen MR) is 99.0 cm³/mol. The van der Waals surface area contributed by atoms with E-state index in [9.17, 15) is 17.6 Å². The topological polar surface area (TPSA) is 79.8 Å². The maximum atomic E-state index is 13.1. The Hall–Kier alpha value is -2.25. The molecule has 2 rings (SSSR count). The first-order valence-electron chi connectivity index (χ1n) is 8.36. The van der Waals surface area contributed by atoms with Crippen LogP contribution in [0.15, 0.2) is 53.4 Å². The maximum Gasteiger partial charge on any atom is 0.279 e. The zero-order chi connectivity index (χ0) is 19.3. The lowest BCUT2D eigenvalue weighted by Crippen LogP contribution is -2.88. The van der Waals surface area contributed by atoms with Crippen LogP contribution in [-0.4, -0.2) is 27.1 Å². The van der Waals surface area contributed by atoms with Crippen LogP contribution in [0.1, 0.15) is 25.5 Å². The maximum absolute atomic E-state index is 13.1. The van der Waals surface area contributed by atoms with Crippen LogP contribution in [0.3, 0.4) is 0 Å². The van der Waals surface area contributed by atoms with Crippen molar-refractivity contribution in [1.82, 2.24) is 0 Å². The first kappa shape index (κ1) is 20.1. The summed E-state index contributed by atoms with van der Waals surface area (Å²) >= 11 is 0. The van der Waals surface area contributed by atoms with E-state index >= 15 is 0 Å². The van der Waals surface area contributed by atoms with Crippen LogP contribution in [0.25, 0.3) is 0 Å². The normalized spacial score (nSPS) is 12.8. The summed E-state index contributed by atoms with van der Waals surface area (Å²) in [5.41, 5.74) is 1.21. The fourth-order valence-corrected chi connectivity index (χ4v) is 3.65. The Kier molecular flexibility index (Phi) is 6.50. The molecule has 2 aromatic rings. The van der Waals surface area contributed by atoms with E-state index in [1.165, 1.54) is 18.2 Å². The van der Waals surface area contributed by atoms with Crippen molar-refractivity contribution in [3.05, 3.63) is 59.9 Å². The number of carbonyl (C=O) groups excluding carboxylic acids is 1. The van der Waals surface area contributed by atoms with E-state index < -0.39 is 9.84 Å². The first-order chi connectivity index (χ1) is 12.2. The summed E-state index contributed by atoms with van der Waals surface area (Å²) in [5.74, 6) is -0.364. The number of rotatable bonds is 7. The van der Waals surface area contributed by atoms with Crippen LogP contribution in [0.2, 0.25) is 0 Å². The minimum absolute atomic E-state index is 0.00787. The number of sulfone groups is 1. The van der Waals surface area contributed by atoms with Crippen molar-refractivity contribution >= 4 is 21.4 Å². The summed E-state index contributed by atoms with van der Waals surface area (Å²) in [6.45, 7) is 4.18. The monoisotopic (exact) mass is 379 g/mol. The highest BCUT2D eigenvalue weighted by molar-refractivity contribution is 7.90. The lowest BCUT2D eigenvalue weighted by atomic mass is 9.96. The highest BCUT2D eigenvalue weighted by Crippen LogP contribution is 2.20. The van der Waals surface area contributed by atoms with Crippen molar-refractivity contribution in [2.75, 3.05) is 18.1 Å². The largest absolute Gasteiger partial charge is 0.332 e. The molecule has 0 bridgehead atoms. The van der Waals surface area contributed by atoms with E-state index in [1.807, 2.05) is 19.2 Å². The zero-order valence-electron chi connectivity index (χ0n) is 15.1. The second kappa shape index (κ2) is 8.42. The fourth-order valence-electron chi connectivity index (χ4n) is 2.81. The van der Waals surface area contributed by atoms with Gasteiger partial charge in [-0.1, -0.05) is 38.1 Å². The van der Waals surface area contributed by atoms with Crippen molar-refractivity contribution in [2.24, 2.45) is 5.92 Å². The number of nitrogens with one attached hydrogen (secondary N) is 1. The molecule has 0 aromatic heterocycles. The molecule has 0 unspecified atom stereocenters. The second-order valence-electron chi connectivity index (χ2n) is 6.58. The SMILES string of the molecule is CC(C)[C@@H]([NH2+]CC(=O)Nc1ccccc1S(C)(=O)=O)c1ccc(F)cc1. The number of nitrogens with two attached hydrogens (primary N) is 1. The number of para-hydroxylation sites is 1. The Morgan fingerprint density at radius 2 is 1.73 bits per heavy atom. The molecule has 0 aliphatic heterocycles. The Balaban J connectivity index is 2.07. The third-order valence-corrected chi connectivity index (χ3v) is 5.25. The molecule has 140 valence electrons. The van der Waals surface area contributed by atoms with Crippen LogP contribution >= 0.6 is 0 Å². The van der Waals surface area contributed by atoms with Crippen LogP contribution in [0.4, 0.5) is 10.1 Å². The third kappa shape index (κ3) is 5.37. The standard InChI is InChI=1S/C19H23FN2O3S/c1-13(2)19(14-8-10-15(20)11-9-14)21-12-18(23)22-16-6-4-5-7-17(16)26(3,24)25/h4-11,13,19,21H,12H2,1-3H3,(H,22,23)/p+1/t19-/m1/s1. The minimum atomic E-state index is -3.43. The van der Waals surface area contributed by atoms with E-state index in [0.717, 1.165) is 11.8 Å².